The number of nitrogens with zero attached hydrogens (tertiary/aromatic N) is 2. The number of carbonyl (C=O) groups excluding carboxylic acids is 2. The summed E-state index contributed by atoms with van der Waals surface area (Å²) in [4.78, 5) is 26.8. The van der Waals surface area contributed by atoms with Crippen LogP contribution in [0, 0.1) is 5.82 Å². The first-order valence-corrected chi connectivity index (χ1v) is 6.29. The van der Waals surface area contributed by atoms with Crippen LogP contribution < -0.4 is 10.6 Å². The van der Waals surface area contributed by atoms with Gasteiger partial charge in [-0.15, -0.1) is 5.10 Å². The smallest absolute Gasteiger partial charge is 0.295 e. The van der Waals surface area contributed by atoms with Crippen molar-refractivity contribution in [2.45, 2.75) is 20.3 Å². The SMILES string of the molecule is CCc1nc(C(=O)Nc2cc(NC(C)=O)ccc2F)n[nH]1. The van der Waals surface area contributed by atoms with Crippen molar-refractivity contribution >= 4 is 23.2 Å². The second-order valence-corrected chi connectivity index (χ2v) is 4.29. The summed E-state index contributed by atoms with van der Waals surface area (Å²) >= 11 is 0. The molecule has 8 heteroatoms. The first-order valence-electron chi connectivity index (χ1n) is 6.29. The van der Waals surface area contributed by atoms with Gasteiger partial charge in [0.25, 0.3) is 5.91 Å². The van der Waals surface area contributed by atoms with E-state index >= 15 is 0 Å². The van der Waals surface area contributed by atoms with Crippen LogP contribution in [0.2, 0.25) is 0 Å². The quantitative estimate of drug-likeness (QED) is 0.798. The molecule has 1 aromatic heterocycles. The molecule has 0 bridgehead atoms. The standard InChI is InChI=1S/C13H14FN5O2/c1-3-11-17-12(19-18-11)13(21)16-10-6-8(15-7(2)20)4-5-9(10)14/h4-6H,3H2,1-2H3,(H,15,20)(H,16,21)(H,17,18,19). The van der Waals surface area contributed by atoms with E-state index in [4.69, 9.17) is 0 Å². The third kappa shape index (κ3) is 3.62. The molecule has 7 nitrogen and oxygen atoms in total. The highest BCUT2D eigenvalue weighted by atomic mass is 19.1. The highest BCUT2D eigenvalue weighted by Gasteiger charge is 2.14. The lowest BCUT2D eigenvalue weighted by atomic mass is 10.2. The predicted molar refractivity (Wildman–Crippen MR) is 74.4 cm³/mol. The third-order valence-electron chi connectivity index (χ3n) is 2.60. The van der Waals surface area contributed by atoms with Gasteiger partial charge in [0, 0.05) is 19.0 Å². The lowest BCUT2D eigenvalue weighted by Crippen LogP contribution is -2.15. The number of aryl methyl sites for hydroxylation is 1. The van der Waals surface area contributed by atoms with Gasteiger partial charge >= 0.3 is 0 Å². The normalized spacial score (nSPS) is 10.2. The Morgan fingerprint density at radius 2 is 2.10 bits per heavy atom. The van der Waals surface area contributed by atoms with Crippen molar-refractivity contribution in [2.75, 3.05) is 10.6 Å². The summed E-state index contributed by atoms with van der Waals surface area (Å²) in [6.45, 7) is 3.19. The molecule has 0 aliphatic carbocycles. The fourth-order valence-electron chi connectivity index (χ4n) is 1.64. The fraction of sp³-hybridized carbons (Fsp3) is 0.231. The molecule has 1 heterocycles. The molecule has 2 amide bonds. The molecular formula is C13H14FN5O2. The topological polar surface area (TPSA) is 99.8 Å². The number of aromatic nitrogens is 3. The van der Waals surface area contributed by atoms with Crippen molar-refractivity contribution in [1.29, 1.82) is 0 Å². The first kappa shape index (κ1) is 14.6. The Labute approximate surface area is 120 Å². The van der Waals surface area contributed by atoms with Crippen molar-refractivity contribution in [3.8, 4) is 0 Å². The Hall–Kier alpha value is -2.77. The minimum Gasteiger partial charge on any atom is -0.326 e. The van der Waals surface area contributed by atoms with E-state index in [0.717, 1.165) is 6.07 Å². The Bertz CT molecular complexity index is 683. The molecule has 0 aliphatic rings. The van der Waals surface area contributed by atoms with Gasteiger partial charge < -0.3 is 10.6 Å². The number of hydrogen-bond donors (Lipinski definition) is 3. The molecule has 3 N–H and O–H groups in total. The van der Waals surface area contributed by atoms with E-state index in [1.165, 1.54) is 19.1 Å². The summed E-state index contributed by atoms with van der Waals surface area (Å²) in [6.07, 6.45) is 0.604. The van der Waals surface area contributed by atoms with Crippen molar-refractivity contribution in [3.63, 3.8) is 0 Å². The van der Waals surface area contributed by atoms with E-state index in [9.17, 15) is 14.0 Å². The average molecular weight is 291 g/mol. The molecule has 1 aromatic carbocycles. The number of nitrogens with one attached hydrogen (secondary N) is 3. The molecule has 0 unspecified atom stereocenters. The Morgan fingerprint density at radius 3 is 2.71 bits per heavy atom. The van der Waals surface area contributed by atoms with Gasteiger partial charge in [-0.3, -0.25) is 14.7 Å². The monoisotopic (exact) mass is 291 g/mol. The van der Waals surface area contributed by atoms with Gasteiger partial charge in [-0.1, -0.05) is 6.92 Å². The second-order valence-electron chi connectivity index (χ2n) is 4.29. The highest BCUT2D eigenvalue weighted by molar-refractivity contribution is 6.02. The molecule has 0 saturated heterocycles. The van der Waals surface area contributed by atoms with E-state index in [1.54, 1.807) is 0 Å². The number of halogens is 1. The molecule has 0 spiro atoms. The number of anilines is 2. The number of carbonyl (C=O) groups is 2. The molecule has 21 heavy (non-hydrogen) atoms. The summed E-state index contributed by atoms with van der Waals surface area (Å²) in [5.41, 5.74) is 0.317. The summed E-state index contributed by atoms with van der Waals surface area (Å²) in [5, 5.41) is 11.2. The number of rotatable bonds is 4. The van der Waals surface area contributed by atoms with Crippen LogP contribution in [0.25, 0.3) is 0 Å². The van der Waals surface area contributed by atoms with E-state index in [2.05, 4.69) is 25.8 Å². The Kier molecular flexibility index (Phi) is 4.27. The average Bonchev–Trinajstić information content (AvgIpc) is 2.91. The van der Waals surface area contributed by atoms with E-state index in [-0.39, 0.29) is 17.4 Å². The molecular weight excluding hydrogens is 277 g/mol. The zero-order valence-corrected chi connectivity index (χ0v) is 11.5. The van der Waals surface area contributed by atoms with Crippen LogP contribution in [-0.2, 0) is 11.2 Å². The van der Waals surface area contributed by atoms with Crippen LogP contribution in [0.4, 0.5) is 15.8 Å². The maximum atomic E-state index is 13.7. The van der Waals surface area contributed by atoms with E-state index < -0.39 is 11.7 Å². The van der Waals surface area contributed by atoms with Crippen LogP contribution in [0.15, 0.2) is 18.2 Å². The number of H-pyrrole nitrogens is 1. The van der Waals surface area contributed by atoms with Gasteiger partial charge in [-0.05, 0) is 18.2 Å². The van der Waals surface area contributed by atoms with E-state index in [0.29, 0.717) is 17.9 Å². The predicted octanol–water partition coefficient (Wildman–Crippen LogP) is 1.72. The lowest BCUT2D eigenvalue weighted by molar-refractivity contribution is -0.114. The molecule has 2 rings (SSSR count). The molecule has 0 atom stereocenters. The van der Waals surface area contributed by atoms with Crippen molar-refractivity contribution < 1.29 is 14.0 Å². The van der Waals surface area contributed by atoms with Crippen LogP contribution >= 0.6 is 0 Å². The highest BCUT2D eigenvalue weighted by Crippen LogP contribution is 2.20. The number of hydrogen-bond acceptors (Lipinski definition) is 4. The Morgan fingerprint density at radius 1 is 1.33 bits per heavy atom. The molecule has 110 valence electrons. The second kappa shape index (κ2) is 6.12. The number of amides is 2. The zero-order valence-electron chi connectivity index (χ0n) is 11.5. The molecule has 0 radical (unpaired) electrons. The van der Waals surface area contributed by atoms with Crippen LogP contribution in [0.1, 0.15) is 30.3 Å². The summed E-state index contributed by atoms with van der Waals surface area (Å²) < 4.78 is 13.7. The number of benzene rings is 1. The fourth-order valence-corrected chi connectivity index (χ4v) is 1.64. The minimum atomic E-state index is -0.634. The lowest BCUT2D eigenvalue weighted by Gasteiger charge is -2.07. The molecule has 0 saturated carbocycles. The third-order valence-corrected chi connectivity index (χ3v) is 2.60. The van der Waals surface area contributed by atoms with Crippen molar-refractivity contribution in [2.24, 2.45) is 0 Å². The summed E-state index contributed by atoms with van der Waals surface area (Å²) in [7, 11) is 0. The van der Waals surface area contributed by atoms with Crippen molar-refractivity contribution in [3.05, 3.63) is 35.7 Å². The molecule has 0 fully saturated rings. The zero-order chi connectivity index (χ0) is 15.4. The molecule has 2 aromatic rings. The maximum absolute atomic E-state index is 13.7. The Balaban J connectivity index is 2.17. The van der Waals surface area contributed by atoms with Gasteiger partial charge in [0.1, 0.15) is 11.6 Å². The van der Waals surface area contributed by atoms with Gasteiger partial charge in [-0.2, -0.15) is 0 Å². The minimum absolute atomic E-state index is 0.0610. The van der Waals surface area contributed by atoms with Gasteiger partial charge in [0.05, 0.1) is 5.69 Å². The van der Waals surface area contributed by atoms with Crippen LogP contribution in [0.3, 0.4) is 0 Å². The van der Waals surface area contributed by atoms with Crippen molar-refractivity contribution in [1.82, 2.24) is 15.2 Å². The summed E-state index contributed by atoms with van der Waals surface area (Å²) in [6, 6.07) is 3.87. The number of aromatic amines is 1. The van der Waals surface area contributed by atoms with Gasteiger partial charge in [0.2, 0.25) is 11.7 Å². The van der Waals surface area contributed by atoms with E-state index in [1.807, 2.05) is 6.92 Å². The molecule has 0 aliphatic heterocycles. The summed E-state index contributed by atoms with van der Waals surface area (Å²) in [5.74, 6) is -1.06. The van der Waals surface area contributed by atoms with Crippen LogP contribution in [0.5, 0.6) is 0 Å². The largest absolute Gasteiger partial charge is 0.326 e. The first-order chi connectivity index (χ1) is 9.99. The van der Waals surface area contributed by atoms with Gasteiger partial charge in [0.15, 0.2) is 0 Å². The van der Waals surface area contributed by atoms with Gasteiger partial charge in [-0.25, -0.2) is 9.37 Å². The van der Waals surface area contributed by atoms with Crippen LogP contribution in [-0.4, -0.2) is 27.0 Å². The maximum Gasteiger partial charge on any atom is 0.295 e.